The minimum absolute atomic E-state index is 0.880. The third-order valence-corrected chi connectivity index (χ3v) is 4.15. The largest absolute Gasteiger partial charge is 0.369 e. The molecular weight excluding hydrogens is 270 g/mol. The summed E-state index contributed by atoms with van der Waals surface area (Å²) in [5.74, 6) is 0. The van der Waals surface area contributed by atoms with E-state index in [1.165, 1.54) is 24.2 Å². The van der Waals surface area contributed by atoms with Gasteiger partial charge in [-0.15, -0.1) is 0 Å². The van der Waals surface area contributed by atoms with Gasteiger partial charge in [-0.05, 0) is 44.6 Å². The summed E-state index contributed by atoms with van der Waals surface area (Å²) in [5.41, 5.74) is 2.54. The maximum absolute atomic E-state index is 6.48. The van der Waals surface area contributed by atoms with Gasteiger partial charge in [-0.3, -0.25) is 0 Å². The lowest BCUT2D eigenvalue weighted by Crippen LogP contribution is -2.30. The van der Waals surface area contributed by atoms with Crippen molar-refractivity contribution in [1.82, 2.24) is 10.2 Å². The van der Waals surface area contributed by atoms with Gasteiger partial charge < -0.3 is 15.1 Å². The van der Waals surface area contributed by atoms with E-state index in [0.29, 0.717) is 0 Å². The lowest BCUT2D eigenvalue weighted by Gasteiger charge is -2.27. The molecule has 0 bridgehead atoms. The highest BCUT2D eigenvalue weighted by Gasteiger charge is 2.17. The normalized spacial score (nSPS) is 17.2. The first kappa shape index (κ1) is 15.6. The van der Waals surface area contributed by atoms with Crippen molar-refractivity contribution in [3.05, 3.63) is 28.8 Å². The van der Waals surface area contributed by atoms with Crippen molar-refractivity contribution in [2.24, 2.45) is 0 Å². The fraction of sp³-hybridized carbons (Fsp3) is 0.625. The summed E-state index contributed by atoms with van der Waals surface area (Å²) in [7, 11) is 2.19. The molecule has 0 saturated carbocycles. The molecule has 20 heavy (non-hydrogen) atoms. The second-order valence-electron chi connectivity index (χ2n) is 5.57. The third-order valence-electron chi connectivity index (χ3n) is 3.85. The topological polar surface area (TPSA) is 18.5 Å². The SMILES string of the molecule is CCCNCc1cccc(Cl)c1N1CCCN(C)CC1. The Kier molecular flexibility index (Phi) is 6.14. The molecule has 2 rings (SSSR count). The standard InChI is InChI=1S/C16H26ClN3/c1-3-8-18-13-14-6-4-7-15(17)16(14)20-10-5-9-19(2)11-12-20/h4,6-7,18H,3,5,8-13H2,1-2H3. The lowest BCUT2D eigenvalue weighted by atomic mass is 10.1. The van der Waals surface area contributed by atoms with E-state index in [2.05, 4.69) is 41.2 Å². The Balaban J connectivity index is 2.15. The maximum Gasteiger partial charge on any atom is 0.0642 e. The van der Waals surface area contributed by atoms with Crippen molar-refractivity contribution in [3.63, 3.8) is 0 Å². The molecule has 112 valence electrons. The van der Waals surface area contributed by atoms with Crippen LogP contribution in [0.2, 0.25) is 5.02 Å². The molecule has 1 saturated heterocycles. The van der Waals surface area contributed by atoms with Crippen molar-refractivity contribution in [3.8, 4) is 0 Å². The Morgan fingerprint density at radius 3 is 2.85 bits per heavy atom. The summed E-state index contributed by atoms with van der Waals surface area (Å²) in [6.07, 6.45) is 2.36. The number of hydrogen-bond donors (Lipinski definition) is 1. The maximum atomic E-state index is 6.48. The highest BCUT2D eigenvalue weighted by molar-refractivity contribution is 6.33. The monoisotopic (exact) mass is 295 g/mol. The third kappa shape index (κ3) is 4.11. The van der Waals surface area contributed by atoms with Gasteiger partial charge in [-0.25, -0.2) is 0 Å². The Morgan fingerprint density at radius 1 is 1.20 bits per heavy atom. The van der Waals surface area contributed by atoms with E-state index in [4.69, 9.17) is 11.6 Å². The van der Waals surface area contributed by atoms with Crippen molar-refractivity contribution in [2.45, 2.75) is 26.3 Å². The Bertz CT molecular complexity index is 422. The quantitative estimate of drug-likeness (QED) is 0.843. The van der Waals surface area contributed by atoms with Crippen LogP contribution in [0.25, 0.3) is 0 Å². The molecule has 0 unspecified atom stereocenters. The van der Waals surface area contributed by atoms with Crippen LogP contribution in [0.15, 0.2) is 18.2 Å². The number of para-hydroxylation sites is 1. The highest BCUT2D eigenvalue weighted by atomic mass is 35.5. The number of benzene rings is 1. The summed E-state index contributed by atoms with van der Waals surface area (Å²) >= 11 is 6.48. The molecule has 1 heterocycles. The predicted molar refractivity (Wildman–Crippen MR) is 87.8 cm³/mol. The number of anilines is 1. The van der Waals surface area contributed by atoms with Gasteiger partial charge in [0.15, 0.2) is 0 Å². The van der Waals surface area contributed by atoms with Crippen LogP contribution >= 0.6 is 11.6 Å². The summed E-state index contributed by atoms with van der Waals surface area (Å²) in [6.45, 7) is 8.56. The second kappa shape index (κ2) is 7.87. The van der Waals surface area contributed by atoms with Crippen molar-refractivity contribution >= 4 is 17.3 Å². The predicted octanol–water partition coefficient (Wildman–Crippen LogP) is 2.98. The number of nitrogens with zero attached hydrogens (tertiary/aromatic N) is 2. The van der Waals surface area contributed by atoms with E-state index in [-0.39, 0.29) is 0 Å². The van der Waals surface area contributed by atoms with E-state index >= 15 is 0 Å². The first-order valence-electron chi connectivity index (χ1n) is 7.64. The molecule has 3 nitrogen and oxygen atoms in total. The van der Waals surface area contributed by atoms with Gasteiger partial charge in [-0.2, -0.15) is 0 Å². The molecule has 1 aliphatic rings. The van der Waals surface area contributed by atoms with Crippen LogP contribution in [0.5, 0.6) is 0 Å². The average molecular weight is 296 g/mol. The smallest absolute Gasteiger partial charge is 0.0642 e. The van der Waals surface area contributed by atoms with Crippen molar-refractivity contribution in [2.75, 3.05) is 44.7 Å². The molecule has 4 heteroatoms. The molecule has 0 radical (unpaired) electrons. The van der Waals surface area contributed by atoms with Crippen LogP contribution in [0, 0.1) is 0 Å². The van der Waals surface area contributed by atoms with Crippen molar-refractivity contribution < 1.29 is 0 Å². The van der Waals surface area contributed by atoms with Gasteiger partial charge in [0.05, 0.1) is 10.7 Å². The summed E-state index contributed by atoms with van der Waals surface area (Å²) < 4.78 is 0. The molecule has 1 aromatic carbocycles. The molecule has 0 aliphatic carbocycles. The van der Waals surface area contributed by atoms with Crippen LogP contribution in [-0.2, 0) is 6.54 Å². The Hall–Kier alpha value is -0.770. The van der Waals surface area contributed by atoms with Crippen LogP contribution in [0.1, 0.15) is 25.3 Å². The number of rotatable bonds is 5. The van der Waals surface area contributed by atoms with Crippen LogP contribution < -0.4 is 10.2 Å². The molecule has 0 atom stereocenters. The van der Waals surface area contributed by atoms with E-state index in [0.717, 1.165) is 44.2 Å². The summed E-state index contributed by atoms with van der Waals surface area (Å²) in [5, 5.41) is 4.37. The van der Waals surface area contributed by atoms with Gasteiger partial charge >= 0.3 is 0 Å². The molecule has 0 aromatic heterocycles. The Morgan fingerprint density at radius 2 is 2.05 bits per heavy atom. The zero-order valence-corrected chi connectivity index (χ0v) is 13.4. The molecule has 1 N–H and O–H groups in total. The molecule has 1 aliphatic heterocycles. The highest BCUT2D eigenvalue weighted by Crippen LogP contribution is 2.30. The molecule has 0 spiro atoms. The molecule has 1 fully saturated rings. The van der Waals surface area contributed by atoms with Gasteiger partial charge in [0.2, 0.25) is 0 Å². The molecular formula is C16H26ClN3. The number of likely N-dealkylation sites (N-methyl/N-ethyl adjacent to an activating group) is 1. The average Bonchev–Trinajstić information content (AvgIpc) is 2.64. The first-order valence-corrected chi connectivity index (χ1v) is 8.01. The molecule has 0 amide bonds. The van der Waals surface area contributed by atoms with E-state index < -0.39 is 0 Å². The zero-order valence-electron chi connectivity index (χ0n) is 12.7. The van der Waals surface area contributed by atoms with E-state index in [1.807, 2.05) is 6.07 Å². The number of hydrogen-bond acceptors (Lipinski definition) is 3. The Labute approximate surface area is 127 Å². The lowest BCUT2D eigenvalue weighted by molar-refractivity contribution is 0.360. The van der Waals surface area contributed by atoms with Crippen LogP contribution in [0.3, 0.4) is 0 Å². The van der Waals surface area contributed by atoms with Crippen LogP contribution in [-0.4, -0.2) is 44.7 Å². The van der Waals surface area contributed by atoms with E-state index in [1.54, 1.807) is 0 Å². The van der Waals surface area contributed by atoms with Gasteiger partial charge in [0.25, 0.3) is 0 Å². The first-order chi connectivity index (χ1) is 9.72. The van der Waals surface area contributed by atoms with E-state index in [9.17, 15) is 0 Å². The zero-order chi connectivity index (χ0) is 14.4. The minimum Gasteiger partial charge on any atom is -0.369 e. The van der Waals surface area contributed by atoms with Gasteiger partial charge in [0.1, 0.15) is 0 Å². The second-order valence-corrected chi connectivity index (χ2v) is 5.98. The number of nitrogens with one attached hydrogen (secondary N) is 1. The summed E-state index contributed by atoms with van der Waals surface area (Å²) in [6, 6.07) is 6.26. The molecule has 1 aromatic rings. The fourth-order valence-electron chi connectivity index (χ4n) is 2.73. The van der Waals surface area contributed by atoms with Gasteiger partial charge in [-0.1, -0.05) is 30.7 Å². The van der Waals surface area contributed by atoms with Crippen LogP contribution in [0.4, 0.5) is 5.69 Å². The van der Waals surface area contributed by atoms with Crippen molar-refractivity contribution in [1.29, 1.82) is 0 Å². The fourth-order valence-corrected chi connectivity index (χ4v) is 3.04. The minimum atomic E-state index is 0.880. The van der Waals surface area contributed by atoms with Gasteiger partial charge in [0, 0.05) is 26.2 Å². The number of halogens is 1. The summed E-state index contributed by atoms with van der Waals surface area (Å²) in [4.78, 5) is 4.85.